The predicted octanol–water partition coefficient (Wildman–Crippen LogP) is 3.69. The van der Waals surface area contributed by atoms with Gasteiger partial charge in [-0.1, -0.05) is 34.4 Å². The van der Waals surface area contributed by atoms with Crippen LogP contribution in [0, 0.1) is 0 Å². The van der Waals surface area contributed by atoms with E-state index < -0.39 is 0 Å². The Morgan fingerprint density at radius 3 is 2.55 bits per heavy atom. The number of aromatic nitrogens is 3. The van der Waals surface area contributed by atoms with Crippen LogP contribution < -0.4 is 5.73 Å². The molecule has 0 atom stereocenters. The van der Waals surface area contributed by atoms with Gasteiger partial charge in [-0.15, -0.1) is 0 Å². The Kier molecular flexibility index (Phi) is 3.30. The third-order valence-corrected chi connectivity index (χ3v) is 3.24. The summed E-state index contributed by atoms with van der Waals surface area (Å²) in [5.74, 6) is 0.561. The van der Waals surface area contributed by atoms with Crippen LogP contribution in [0.2, 0.25) is 10.0 Å². The van der Waals surface area contributed by atoms with Crippen LogP contribution in [0.15, 0.2) is 41.2 Å². The van der Waals surface area contributed by atoms with Gasteiger partial charge < -0.3 is 10.3 Å². The zero-order valence-corrected chi connectivity index (χ0v) is 11.6. The zero-order chi connectivity index (χ0) is 14.1. The maximum Gasteiger partial charge on any atom is 0.230 e. The van der Waals surface area contributed by atoms with E-state index in [9.17, 15) is 0 Å². The van der Waals surface area contributed by atoms with Crippen LogP contribution in [0.25, 0.3) is 22.6 Å². The van der Waals surface area contributed by atoms with Crippen LogP contribution in [-0.2, 0) is 0 Å². The first-order chi connectivity index (χ1) is 9.66. The lowest BCUT2D eigenvalue weighted by atomic mass is 10.1. The Bertz CT molecular complexity index is 758. The molecule has 0 bridgehead atoms. The van der Waals surface area contributed by atoms with E-state index in [0.29, 0.717) is 32.7 Å². The smallest absolute Gasteiger partial charge is 0.230 e. The fourth-order valence-electron chi connectivity index (χ4n) is 1.83. The third-order valence-electron chi connectivity index (χ3n) is 2.70. The second-order valence-corrected chi connectivity index (χ2v) is 4.81. The van der Waals surface area contributed by atoms with E-state index in [1.165, 1.54) is 0 Å². The van der Waals surface area contributed by atoms with Crippen molar-refractivity contribution in [1.82, 2.24) is 15.1 Å². The van der Waals surface area contributed by atoms with E-state index in [-0.39, 0.29) is 5.88 Å². The fourth-order valence-corrected chi connectivity index (χ4v) is 2.33. The number of nitrogen functional groups attached to an aromatic ring is 1. The maximum absolute atomic E-state index is 6.20. The number of hydrogen-bond donors (Lipinski definition) is 1. The van der Waals surface area contributed by atoms with Crippen molar-refractivity contribution < 1.29 is 4.52 Å². The van der Waals surface area contributed by atoms with Crippen molar-refractivity contribution in [3.63, 3.8) is 0 Å². The lowest BCUT2D eigenvalue weighted by molar-refractivity contribution is 0.439. The lowest BCUT2D eigenvalue weighted by Crippen LogP contribution is -1.92. The molecule has 0 spiro atoms. The van der Waals surface area contributed by atoms with Gasteiger partial charge in [-0.3, -0.25) is 0 Å². The molecule has 0 saturated heterocycles. The summed E-state index contributed by atoms with van der Waals surface area (Å²) in [5, 5.41) is 4.89. The molecular weight excluding hydrogens is 299 g/mol. The molecule has 0 radical (unpaired) electrons. The van der Waals surface area contributed by atoms with E-state index in [1.54, 1.807) is 36.7 Å². The van der Waals surface area contributed by atoms with Crippen molar-refractivity contribution in [2.24, 2.45) is 0 Å². The summed E-state index contributed by atoms with van der Waals surface area (Å²) in [6.45, 7) is 0. The SMILES string of the molecule is Nc1onc(-c2ncccn2)c1-c1ccc(Cl)cc1Cl. The van der Waals surface area contributed by atoms with E-state index in [1.807, 2.05) is 0 Å². The maximum atomic E-state index is 6.20. The topological polar surface area (TPSA) is 77.8 Å². The second-order valence-electron chi connectivity index (χ2n) is 3.97. The number of nitrogens with zero attached hydrogens (tertiary/aromatic N) is 3. The minimum absolute atomic E-state index is 0.150. The summed E-state index contributed by atoms with van der Waals surface area (Å²) in [4.78, 5) is 8.27. The van der Waals surface area contributed by atoms with Gasteiger partial charge in [0.15, 0.2) is 11.5 Å². The van der Waals surface area contributed by atoms with E-state index in [0.717, 1.165) is 0 Å². The van der Waals surface area contributed by atoms with Crippen molar-refractivity contribution >= 4 is 29.1 Å². The summed E-state index contributed by atoms with van der Waals surface area (Å²) >= 11 is 12.1. The largest absolute Gasteiger partial charge is 0.367 e. The highest BCUT2D eigenvalue weighted by molar-refractivity contribution is 6.36. The molecule has 1 aromatic carbocycles. The zero-order valence-electron chi connectivity index (χ0n) is 10.0. The van der Waals surface area contributed by atoms with Crippen molar-refractivity contribution in [3.05, 3.63) is 46.7 Å². The quantitative estimate of drug-likeness (QED) is 0.781. The minimum atomic E-state index is 0.150. The van der Waals surface area contributed by atoms with Gasteiger partial charge in [-0.05, 0) is 18.2 Å². The van der Waals surface area contributed by atoms with Crippen LogP contribution in [0.1, 0.15) is 0 Å². The number of anilines is 1. The normalized spacial score (nSPS) is 10.7. The molecule has 3 aromatic rings. The standard InChI is InChI=1S/C13H8Cl2N4O/c14-7-2-3-8(9(15)6-7)10-11(19-20-12(10)16)13-17-4-1-5-18-13/h1-6H,16H2. The van der Waals surface area contributed by atoms with Crippen LogP contribution >= 0.6 is 23.2 Å². The highest BCUT2D eigenvalue weighted by Gasteiger charge is 2.21. The molecule has 20 heavy (non-hydrogen) atoms. The molecule has 0 amide bonds. The molecule has 5 nitrogen and oxygen atoms in total. The van der Waals surface area contributed by atoms with Gasteiger partial charge in [0.1, 0.15) is 0 Å². The molecule has 2 N–H and O–H groups in total. The van der Waals surface area contributed by atoms with Crippen LogP contribution in [-0.4, -0.2) is 15.1 Å². The number of nitrogens with two attached hydrogens (primary N) is 1. The van der Waals surface area contributed by atoms with E-state index >= 15 is 0 Å². The summed E-state index contributed by atoms with van der Waals surface area (Å²) in [7, 11) is 0. The molecule has 0 aliphatic rings. The summed E-state index contributed by atoms with van der Waals surface area (Å²) in [5.41, 5.74) is 7.50. The van der Waals surface area contributed by atoms with E-state index in [2.05, 4.69) is 15.1 Å². The van der Waals surface area contributed by atoms with Gasteiger partial charge in [0.25, 0.3) is 0 Å². The van der Waals surface area contributed by atoms with Gasteiger partial charge in [-0.25, -0.2) is 9.97 Å². The molecule has 100 valence electrons. The summed E-state index contributed by atoms with van der Waals surface area (Å²) in [6, 6.07) is 6.80. The van der Waals surface area contributed by atoms with E-state index in [4.69, 9.17) is 33.5 Å². The Morgan fingerprint density at radius 1 is 1.10 bits per heavy atom. The molecular formula is C13H8Cl2N4O. The number of benzene rings is 1. The Balaban J connectivity index is 2.22. The first kappa shape index (κ1) is 12.9. The van der Waals surface area contributed by atoms with Gasteiger partial charge in [0.05, 0.1) is 10.6 Å². The molecule has 2 heterocycles. The molecule has 7 heteroatoms. The van der Waals surface area contributed by atoms with Gasteiger partial charge in [-0.2, -0.15) is 0 Å². The number of rotatable bonds is 2. The summed E-state index contributed by atoms with van der Waals surface area (Å²) in [6.07, 6.45) is 3.22. The predicted molar refractivity (Wildman–Crippen MR) is 77.4 cm³/mol. The number of halogens is 2. The Labute approximate surface area is 124 Å². The molecule has 3 rings (SSSR count). The molecule has 0 saturated carbocycles. The average Bonchev–Trinajstić information content (AvgIpc) is 2.82. The molecule has 0 aliphatic heterocycles. The van der Waals surface area contributed by atoms with Crippen molar-refractivity contribution in [3.8, 4) is 22.6 Å². The van der Waals surface area contributed by atoms with Gasteiger partial charge in [0, 0.05) is 23.0 Å². The first-order valence-corrected chi connectivity index (χ1v) is 6.40. The minimum Gasteiger partial charge on any atom is -0.367 e. The first-order valence-electron chi connectivity index (χ1n) is 5.65. The molecule has 0 aliphatic carbocycles. The third kappa shape index (κ3) is 2.21. The molecule has 0 unspecified atom stereocenters. The Morgan fingerprint density at radius 2 is 1.85 bits per heavy atom. The van der Waals surface area contributed by atoms with Crippen molar-refractivity contribution in [2.45, 2.75) is 0 Å². The van der Waals surface area contributed by atoms with Crippen LogP contribution in [0.5, 0.6) is 0 Å². The monoisotopic (exact) mass is 306 g/mol. The van der Waals surface area contributed by atoms with Crippen LogP contribution in [0.3, 0.4) is 0 Å². The lowest BCUT2D eigenvalue weighted by Gasteiger charge is -2.04. The number of hydrogen-bond acceptors (Lipinski definition) is 5. The summed E-state index contributed by atoms with van der Waals surface area (Å²) < 4.78 is 5.05. The van der Waals surface area contributed by atoms with Gasteiger partial charge in [0.2, 0.25) is 5.88 Å². The molecule has 2 aromatic heterocycles. The highest BCUT2D eigenvalue weighted by atomic mass is 35.5. The second kappa shape index (κ2) is 5.11. The van der Waals surface area contributed by atoms with Gasteiger partial charge >= 0.3 is 0 Å². The van der Waals surface area contributed by atoms with Crippen LogP contribution in [0.4, 0.5) is 5.88 Å². The molecule has 0 fully saturated rings. The Hall–Kier alpha value is -2.11. The van der Waals surface area contributed by atoms with Crippen molar-refractivity contribution in [2.75, 3.05) is 5.73 Å². The van der Waals surface area contributed by atoms with Crippen molar-refractivity contribution in [1.29, 1.82) is 0 Å². The average molecular weight is 307 g/mol. The highest BCUT2D eigenvalue weighted by Crippen LogP contribution is 2.39. The fraction of sp³-hybridized carbons (Fsp3) is 0.